The van der Waals surface area contributed by atoms with Crippen LogP contribution in [0.25, 0.3) is 0 Å². The number of ketones is 1. The van der Waals surface area contributed by atoms with Gasteiger partial charge in [-0.15, -0.1) is 0 Å². The van der Waals surface area contributed by atoms with Crippen LogP contribution in [0.3, 0.4) is 0 Å². The molecule has 0 heterocycles. The van der Waals surface area contributed by atoms with E-state index in [0.717, 1.165) is 25.7 Å². The molecule has 0 N–H and O–H groups in total. The molecule has 0 radical (unpaired) electrons. The van der Waals surface area contributed by atoms with Crippen LogP contribution in [-0.2, 0) is 9.53 Å². The predicted octanol–water partition coefficient (Wildman–Crippen LogP) is 3.63. The van der Waals surface area contributed by atoms with Gasteiger partial charge in [0.15, 0.2) is 5.78 Å². The maximum atomic E-state index is 12.3. The van der Waals surface area contributed by atoms with Crippen LogP contribution >= 0.6 is 0 Å². The second-order valence-electron chi connectivity index (χ2n) is 5.52. The van der Waals surface area contributed by atoms with Crippen LogP contribution in [0.1, 0.15) is 48.9 Å². The highest BCUT2D eigenvalue weighted by atomic mass is 16.5. The first-order valence-electron chi connectivity index (χ1n) is 7.38. The largest absolute Gasteiger partial charge is 0.469 e. The molecular weight excluding hydrogens is 252 g/mol. The fourth-order valence-corrected chi connectivity index (χ4v) is 3.07. The first-order valence-corrected chi connectivity index (χ1v) is 7.38. The van der Waals surface area contributed by atoms with Crippen LogP contribution in [0.4, 0.5) is 0 Å². The fourth-order valence-electron chi connectivity index (χ4n) is 3.07. The molecule has 0 aliphatic heterocycles. The van der Waals surface area contributed by atoms with E-state index in [1.54, 1.807) is 12.1 Å². The topological polar surface area (TPSA) is 43.4 Å². The first-order chi connectivity index (χ1) is 9.72. The van der Waals surface area contributed by atoms with Gasteiger partial charge in [0.25, 0.3) is 0 Å². The number of methoxy groups -OCH3 is 1. The van der Waals surface area contributed by atoms with Crippen LogP contribution in [0.15, 0.2) is 30.3 Å². The van der Waals surface area contributed by atoms with Gasteiger partial charge in [0, 0.05) is 12.0 Å². The molecule has 108 valence electrons. The van der Waals surface area contributed by atoms with Crippen molar-refractivity contribution in [2.75, 3.05) is 7.11 Å². The summed E-state index contributed by atoms with van der Waals surface area (Å²) in [5.74, 6) is -0.190. The van der Waals surface area contributed by atoms with Crippen molar-refractivity contribution < 1.29 is 14.3 Å². The third-order valence-electron chi connectivity index (χ3n) is 4.22. The molecule has 0 amide bonds. The van der Waals surface area contributed by atoms with Crippen molar-refractivity contribution in [1.82, 2.24) is 0 Å². The monoisotopic (exact) mass is 274 g/mol. The van der Waals surface area contributed by atoms with E-state index < -0.39 is 0 Å². The Morgan fingerprint density at radius 2 is 1.80 bits per heavy atom. The number of esters is 1. The molecule has 1 atom stereocenters. The Labute approximate surface area is 120 Å². The summed E-state index contributed by atoms with van der Waals surface area (Å²) in [5, 5.41) is 0. The molecule has 20 heavy (non-hydrogen) atoms. The summed E-state index contributed by atoms with van der Waals surface area (Å²) < 4.78 is 4.91. The lowest BCUT2D eigenvalue weighted by molar-refractivity contribution is -0.147. The average molecular weight is 274 g/mol. The third kappa shape index (κ3) is 3.69. The zero-order valence-electron chi connectivity index (χ0n) is 12.0. The van der Waals surface area contributed by atoms with Gasteiger partial charge >= 0.3 is 5.97 Å². The van der Waals surface area contributed by atoms with Crippen molar-refractivity contribution in [2.45, 2.75) is 38.5 Å². The Kier molecular flexibility index (Phi) is 5.33. The van der Waals surface area contributed by atoms with Crippen molar-refractivity contribution in [2.24, 2.45) is 11.8 Å². The highest BCUT2D eigenvalue weighted by Crippen LogP contribution is 2.33. The molecule has 1 saturated carbocycles. The van der Waals surface area contributed by atoms with Gasteiger partial charge in [-0.2, -0.15) is 0 Å². The molecule has 1 aliphatic carbocycles. The SMILES string of the molecule is COC(=O)[C@@H](CC(=O)c1ccccc1)C1CCCCC1. The lowest BCUT2D eigenvalue weighted by Gasteiger charge is -2.28. The van der Waals surface area contributed by atoms with Crippen LogP contribution in [-0.4, -0.2) is 18.9 Å². The summed E-state index contributed by atoms with van der Waals surface area (Å²) in [4.78, 5) is 24.3. The second kappa shape index (κ2) is 7.22. The van der Waals surface area contributed by atoms with Gasteiger partial charge < -0.3 is 4.74 Å². The van der Waals surface area contributed by atoms with E-state index >= 15 is 0 Å². The fraction of sp³-hybridized carbons (Fsp3) is 0.529. The number of benzene rings is 1. The summed E-state index contributed by atoms with van der Waals surface area (Å²) in [6, 6.07) is 9.19. The summed E-state index contributed by atoms with van der Waals surface area (Å²) in [6.07, 6.45) is 5.86. The van der Waals surface area contributed by atoms with E-state index in [0.29, 0.717) is 11.5 Å². The van der Waals surface area contributed by atoms with Gasteiger partial charge in [0.1, 0.15) is 0 Å². The number of hydrogen-bond acceptors (Lipinski definition) is 3. The molecule has 0 saturated heterocycles. The highest BCUT2D eigenvalue weighted by Gasteiger charge is 2.32. The Morgan fingerprint density at radius 1 is 1.15 bits per heavy atom. The maximum Gasteiger partial charge on any atom is 0.309 e. The summed E-state index contributed by atoms with van der Waals surface area (Å²) in [5.41, 5.74) is 0.678. The van der Waals surface area contributed by atoms with E-state index in [4.69, 9.17) is 4.74 Å². The molecule has 1 aliphatic rings. The molecule has 0 unspecified atom stereocenters. The molecular formula is C17H22O3. The van der Waals surface area contributed by atoms with Crippen molar-refractivity contribution in [1.29, 1.82) is 0 Å². The molecule has 1 fully saturated rings. The van der Waals surface area contributed by atoms with Gasteiger partial charge in [-0.25, -0.2) is 0 Å². The number of carbonyl (C=O) groups is 2. The van der Waals surface area contributed by atoms with Gasteiger partial charge in [0.05, 0.1) is 13.0 Å². The van der Waals surface area contributed by atoms with Gasteiger partial charge in [-0.3, -0.25) is 9.59 Å². The molecule has 3 heteroatoms. The summed E-state index contributed by atoms with van der Waals surface area (Å²) in [7, 11) is 1.41. The number of rotatable bonds is 5. The van der Waals surface area contributed by atoms with Crippen LogP contribution < -0.4 is 0 Å². The molecule has 3 nitrogen and oxygen atoms in total. The minimum absolute atomic E-state index is 0.0339. The lowest BCUT2D eigenvalue weighted by atomic mass is 9.77. The number of Topliss-reactive ketones (excluding diaryl/α,β-unsaturated/α-hetero) is 1. The highest BCUT2D eigenvalue weighted by molar-refractivity contribution is 5.98. The van der Waals surface area contributed by atoms with Crippen molar-refractivity contribution in [3.63, 3.8) is 0 Å². The zero-order valence-corrected chi connectivity index (χ0v) is 12.0. The normalized spacial score (nSPS) is 17.4. The average Bonchev–Trinajstić information content (AvgIpc) is 2.53. The Bertz CT molecular complexity index is 447. The summed E-state index contributed by atoms with van der Waals surface area (Å²) >= 11 is 0. The number of carbonyl (C=O) groups excluding carboxylic acids is 2. The number of ether oxygens (including phenoxy) is 1. The minimum Gasteiger partial charge on any atom is -0.469 e. The van der Waals surface area contributed by atoms with E-state index in [-0.39, 0.29) is 24.1 Å². The Hall–Kier alpha value is -1.64. The van der Waals surface area contributed by atoms with Gasteiger partial charge in [0.2, 0.25) is 0 Å². The minimum atomic E-state index is -0.284. The molecule has 2 rings (SSSR count). The summed E-state index contributed by atoms with van der Waals surface area (Å²) in [6.45, 7) is 0. The molecule has 0 spiro atoms. The maximum absolute atomic E-state index is 12.3. The van der Waals surface area contributed by atoms with E-state index in [1.165, 1.54) is 13.5 Å². The van der Waals surface area contributed by atoms with E-state index in [2.05, 4.69) is 0 Å². The van der Waals surface area contributed by atoms with Crippen LogP contribution in [0.2, 0.25) is 0 Å². The molecule has 0 aromatic heterocycles. The Morgan fingerprint density at radius 3 is 2.40 bits per heavy atom. The molecule has 1 aromatic rings. The van der Waals surface area contributed by atoms with Crippen LogP contribution in [0, 0.1) is 11.8 Å². The van der Waals surface area contributed by atoms with E-state index in [9.17, 15) is 9.59 Å². The third-order valence-corrected chi connectivity index (χ3v) is 4.22. The van der Waals surface area contributed by atoms with Crippen molar-refractivity contribution >= 4 is 11.8 Å². The van der Waals surface area contributed by atoms with Crippen molar-refractivity contribution in [3.05, 3.63) is 35.9 Å². The standard InChI is InChI=1S/C17H22O3/c1-20-17(19)15(13-8-4-2-5-9-13)12-16(18)14-10-6-3-7-11-14/h3,6-7,10-11,13,15H,2,4-5,8-9,12H2,1H3/t15-/m0/s1. The first kappa shape index (κ1) is 14.8. The van der Waals surface area contributed by atoms with Gasteiger partial charge in [-0.05, 0) is 18.8 Å². The Balaban J connectivity index is 2.07. The lowest BCUT2D eigenvalue weighted by Crippen LogP contribution is -2.29. The van der Waals surface area contributed by atoms with Crippen molar-refractivity contribution in [3.8, 4) is 0 Å². The number of hydrogen-bond donors (Lipinski definition) is 0. The predicted molar refractivity (Wildman–Crippen MR) is 77.5 cm³/mol. The second-order valence-corrected chi connectivity index (χ2v) is 5.52. The molecule has 0 bridgehead atoms. The zero-order chi connectivity index (χ0) is 14.4. The van der Waals surface area contributed by atoms with E-state index in [1.807, 2.05) is 18.2 Å². The van der Waals surface area contributed by atoms with Gasteiger partial charge in [-0.1, -0.05) is 49.6 Å². The quantitative estimate of drug-likeness (QED) is 0.608. The molecule has 1 aromatic carbocycles. The smallest absolute Gasteiger partial charge is 0.309 e. The van der Waals surface area contributed by atoms with Crippen LogP contribution in [0.5, 0.6) is 0 Å².